The van der Waals surface area contributed by atoms with Crippen LogP contribution in [0.25, 0.3) is 10.9 Å². The van der Waals surface area contributed by atoms with Gasteiger partial charge < -0.3 is 15.0 Å². The number of anilines is 1. The number of benzene rings is 1. The number of piperidine rings is 1. The Labute approximate surface area is 119 Å². The molecule has 3 heteroatoms. The monoisotopic (exact) mass is 270 g/mol. The zero-order chi connectivity index (χ0) is 13.9. The van der Waals surface area contributed by atoms with E-state index < -0.39 is 0 Å². The maximum Gasteiger partial charge on any atom is 0.110 e. The maximum absolute atomic E-state index is 9.60. The second-order valence-corrected chi connectivity index (χ2v) is 6.95. The maximum atomic E-state index is 9.60. The van der Waals surface area contributed by atoms with E-state index in [1.54, 1.807) is 0 Å². The van der Waals surface area contributed by atoms with Gasteiger partial charge in [0, 0.05) is 35.0 Å². The van der Waals surface area contributed by atoms with Gasteiger partial charge in [-0.25, -0.2) is 0 Å². The molecule has 20 heavy (non-hydrogen) atoms. The summed E-state index contributed by atoms with van der Waals surface area (Å²) < 4.78 is 0. The summed E-state index contributed by atoms with van der Waals surface area (Å²) in [6.07, 6.45) is 2.57. The number of fused-ring (bicyclic) bond motifs is 3. The zero-order valence-corrected chi connectivity index (χ0v) is 12.2. The van der Waals surface area contributed by atoms with Gasteiger partial charge in [-0.3, -0.25) is 0 Å². The Bertz CT molecular complexity index is 663. The van der Waals surface area contributed by atoms with Crippen LogP contribution in [0.5, 0.6) is 0 Å². The molecule has 3 aliphatic heterocycles. The van der Waals surface area contributed by atoms with Gasteiger partial charge in [-0.2, -0.15) is 0 Å². The fourth-order valence-corrected chi connectivity index (χ4v) is 3.77. The smallest absolute Gasteiger partial charge is 0.110 e. The van der Waals surface area contributed by atoms with Crippen molar-refractivity contribution in [3.63, 3.8) is 0 Å². The molecular weight excluding hydrogens is 248 g/mol. The highest BCUT2D eigenvalue weighted by atomic mass is 16.3. The Kier molecular flexibility index (Phi) is 2.46. The Morgan fingerprint density at radius 1 is 1.30 bits per heavy atom. The number of aromatic amines is 1. The molecule has 0 saturated carbocycles. The molecule has 0 amide bonds. The van der Waals surface area contributed by atoms with Gasteiger partial charge in [-0.05, 0) is 36.5 Å². The van der Waals surface area contributed by atoms with Crippen LogP contribution in [0.15, 0.2) is 18.2 Å². The molecule has 0 aliphatic carbocycles. The molecule has 3 aliphatic rings. The number of hydrogen-bond donors (Lipinski definition) is 2. The first-order valence-electron chi connectivity index (χ1n) is 7.62. The van der Waals surface area contributed by atoms with E-state index in [2.05, 4.69) is 41.9 Å². The molecule has 1 aromatic heterocycles. The van der Waals surface area contributed by atoms with Crippen LogP contribution in [-0.2, 0) is 5.41 Å². The van der Waals surface area contributed by atoms with Gasteiger partial charge in [0.2, 0.25) is 0 Å². The Hall–Kier alpha value is -1.48. The molecule has 1 aromatic carbocycles. The van der Waals surface area contributed by atoms with Crippen molar-refractivity contribution in [3.8, 4) is 0 Å². The van der Waals surface area contributed by atoms with Gasteiger partial charge in [0.25, 0.3) is 0 Å². The van der Waals surface area contributed by atoms with E-state index in [9.17, 15) is 5.11 Å². The molecule has 5 rings (SSSR count). The van der Waals surface area contributed by atoms with Crippen LogP contribution in [0.1, 0.15) is 43.7 Å². The fourth-order valence-electron chi connectivity index (χ4n) is 3.77. The molecule has 2 N–H and O–H groups in total. The van der Waals surface area contributed by atoms with Crippen LogP contribution in [-0.4, -0.2) is 29.8 Å². The van der Waals surface area contributed by atoms with Crippen LogP contribution < -0.4 is 4.90 Å². The summed E-state index contributed by atoms with van der Waals surface area (Å²) in [6, 6.07) is 6.63. The van der Waals surface area contributed by atoms with Crippen molar-refractivity contribution >= 4 is 16.7 Å². The Balaban J connectivity index is 1.93. The standard InChI is InChI=1S/C17H22N2O/c1-17(2,10-20)12-3-4-14-13(9-12)15-11-5-7-19(8-6-11)16(15)18-14/h3-4,9,11,18,20H,5-8,10H2,1-2H3. The van der Waals surface area contributed by atoms with Crippen molar-refractivity contribution in [2.24, 2.45) is 0 Å². The number of nitrogens with one attached hydrogen (secondary N) is 1. The number of aliphatic hydroxyl groups excluding tert-OH is 1. The molecule has 0 spiro atoms. The average Bonchev–Trinajstić information content (AvgIpc) is 2.89. The summed E-state index contributed by atoms with van der Waals surface area (Å²) in [5.74, 6) is 2.07. The summed E-state index contributed by atoms with van der Waals surface area (Å²) in [7, 11) is 0. The predicted molar refractivity (Wildman–Crippen MR) is 82.6 cm³/mol. The normalized spacial score (nSPS) is 18.9. The lowest BCUT2D eigenvalue weighted by Crippen LogP contribution is -2.38. The molecule has 1 fully saturated rings. The molecule has 4 heterocycles. The van der Waals surface area contributed by atoms with Gasteiger partial charge in [0.1, 0.15) is 5.82 Å². The van der Waals surface area contributed by atoms with E-state index in [0.29, 0.717) is 0 Å². The van der Waals surface area contributed by atoms with Crippen LogP contribution in [0, 0.1) is 0 Å². The summed E-state index contributed by atoms with van der Waals surface area (Å²) >= 11 is 0. The van der Waals surface area contributed by atoms with E-state index in [4.69, 9.17) is 0 Å². The topological polar surface area (TPSA) is 39.3 Å². The quantitative estimate of drug-likeness (QED) is 0.880. The summed E-state index contributed by atoms with van der Waals surface area (Å²) in [5, 5.41) is 11.0. The van der Waals surface area contributed by atoms with Crippen LogP contribution in [0.3, 0.4) is 0 Å². The average molecular weight is 270 g/mol. The van der Waals surface area contributed by atoms with Gasteiger partial charge >= 0.3 is 0 Å². The van der Waals surface area contributed by atoms with E-state index in [1.807, 2.05) is 0 Å². The summed E-state index contributed by atoms with van der Waals surface area (Å²) in [5.41, 5.74) is 3.82. The predicted octanol–water partition coefficient (Wildman–Crippen LogP) is 3.14. The highest BCUT2D eigenvalue weighted by Crippen LogP contribution is 2.46. The second kappa shape index (κ2) is 4.01. The molecule has 0 radical (unpaired) electrons. The van der Waals surface area contributed by atoms with E-state index in [-0.39, 0.29) is 12.0 Å². The molecule has 0 unspecified atom stereocenters. The van der Waals surface area contributed by atoms with E-state index in [0.717, 1.165) is 5.92 Å². The first-order valence-corrected chi connectivity index (χ1v) is 7.62. The second-order valence-electron chi connectivity index (χ2n) is 6.95. The van der Waals surface area contributed by atoms with Gasteiger partial charge in [-0.15, -0.1) is 0 Å². The van der Waals surface area contributed by atoms with Crippen molar-refractivity contribution < 1.29 is 5.11 Å². The van der Waals surface area contributed by atoms with Gasteiger partial charge in [-0.1, -0.05) is 19.9 Å². The van der Waals surface area contributed by atoms with Crippen molar-refractivity contribution in [1.29, 1.82) is 0 Å². The van der Waals surface area contributed by atoms with E-state index >= 15 is 0 Å². The zero-order valence-electron chi connectivity index (χ0n) is 12.2. The minimum absolute atomic E-state index is 0.174. The number of nitrogens with zero attached hydrogens (tertiary/aromatic N) is 1. The molecule has 2 aromatic rings. The molecular formula is C17H22N2O. The lowest BCUT2D eigenvalue weighted by atomic mass is 9.81. The first kappa shape index (κ1) is 12.3. The van der Waals surface area contributed by atoms with Gasteiger partial charge in [0.15, 0.2) is 0 Å². The SMILES string of the molecule is CC(C)(CO)c1ccc2[nH]c3c(c2c1)C1CCN3CC1. The third-order valence-electron chi connectivity index (χ3n) is 5.21. The van der Waals surface area contributed by atoms with Crippen molar-refractivity contribution in [2.75, 3.05) is 24.6 Å². The minimum atomic E-state index is -0.174. The number of aliphatic hydroxyl groups is 1. The Morgan fingerprint density at radius 3 is 2.75 bits per heavy atom. The fraction of sp³-hybridized carbons (Fsp3) is 0.529. The minimum Gasteiger partial charge on any atom is -0.395 e. The highest BCUT2D eigenvalue weighted by Gasteiger charge is 2.34. The highest BCUT2D eigenvalue weighted by molar-refractivity contribution is 5.91. The van der Waals surface area contributed by atoms with Crippen molar-refractivity contribution in [1.82, 2.24) is 4.98 Å². The molecule has 2 bridgehead atoms. The lowest BCUT2D eigenvalue weighted by Gasteiger charge is -2.40. The summed E-state index contributed by atoms with van der Waals surface area (Å²) in [4.78, 5) is 6.10. The van der Waals surface area contributed by atoms with Crippen LogP contribution in [0.4, 0.5) is 5.82 Å². The van der Waals surface area contributed by atoms with Crippen molar-refractivity contribution in [2.45, 2.75) is 38.0 Å². The van der Waals surface area contributed by atoms with Crippen molar-refractivity contribution in [3.05, 3.63) is 29.3 Å². The molecule has 106 valence electrons. The summed E-state index contributed by atoms with van der Waals surface area (Å²) in [6.45, 7) is 6.77. The van der Waals surface area contributed by atoms with Crippen LogP contribution in [0.2, 0.25) is 0 Å². The van der Waals surface area contributed by atoms with Crippen LogP contribution >= 0.6 is 0 Å². The number of rotatable bonds is 2. The van der Waals surface area contributed by atoms with E-state index in [1.165, 1.54) is 53.8 Å². The number of aromatic nitrogens is 1. The largest absolute Gasteiger partial charge is 0.395 e. The number of hydrogen-bond acceptors (Lipinski definition) is 2. The third-order valence-corrected chi connectivity index (χ3v) is 5.21. The number of H-pyrrole nitrogens is 1. The Morgan fingerprint density at radius 2 is 2.05 bits per heavy atom. The first-order chi connectivity index (χ1) is 9.60. The lowest BCUT2D eigenvalue weighted by molar-refractivity contribution is 0.218. The molecule has 3 nitrogen and oxygen atoms in total. The van der Waals surface area contributed by atoms with Gasteiger partial charge in [0.05, 0.1) is 6.61 Å². The molecule has 0 atom stereocenters. The molecule has 1 saturated heterocycles. The third kappa shape index (κ3) is 1.56.